The molecule has 0 unspecified atom stereocenters. The van der Waals surface area contributed by atoms with E-state index in [1.54, 1.807) is 0 Å². The fraction of sp³-hybridized carbons (Fsp3) is 0.353. The maximum atomic E-state index is 12.5. The molecule has 6 heteroatoms. The molecule has 0 radical (unpaired) electrons. The largest absolute Gasteiger partial charge is 0.433 e. The number of hydrogen-bond acceptors (Lipinski definition) is 3. The Morgan fingerprint density at radius 1 is 1.13 bits per heavy atom. The van der Waals surface area contributed by atoms with Crippen LogP contribution in [0.25, 0.3) is 0 Å². The number of ether oxygens (including phenoxy) is 1. The molecule has 3 nitrogen and oxygen atoms in total. The summed E-state index contributed by atoms with van der Waals surface area (Å²) in [5.41, 5.74) is -0.677. The van der Waals surface area contributed by atoms with E-state index < -0.39 is 17.5 Å². The van der Waals surface area contributed by atoms with Gasteiger partial charge in [0.05, 0.1) is 18.3 Å². The molecule has 0 bridgehead atoms. The van der Waals surface area contributed by atoms with Crippen LogP contribution in [0.15, 0.2) is 48.7 Å². The van der Waals surface area contributed by atoms with E-state index in [4.69, 9.17) is 4.74 Å². The maximum absolute atomic E-state index is 12.5. The standard InChI is InChI=1S/C17H16F3NO2/c18-17(19,20)15-7-6-13(10-21-15)16(22)8-14(9-16)23-11-12-4-2-1-3-5-12/h1-7,10,14,22H,8-9,11H2. The normalized spacial score (nSPS) is 24.3. The topological polar surface area (TPSA) is 42.4 Å². The van der Waals surface area contributed by atoms with Gasteiger partial charge in [0.2, 0.25) is 0 Å². The molecule has 0 spiro atoms. The molecular formula is C17H16F3NO2. The van der Waals surface area contributed by atoms with Crippen LogP contribution in [0.2, 0.25) is 0 Å². The minimum atomic E-state index is -4.47. The Morgan fingerprint density at radius 2 is 1.83 bits per heavy atom. The Labute approximate surface area is 131 Å². The Balaban J connectivity index is 1.56. The van der Waals surface area contributed by atoms with Gasteiger partial charge in [-0.15, -0.1) is 0 Å². The van der Waals surface area contributed by atoms with Gasteiger partial charge in [0, 0.05) is 24.6 Å². The van der Waals surface area contributed by atoms with Crippen LogP contribution < -0.4 is 0 Å². The van der Waals surface area contributed by atoms with Crippen molar-refractivity contribution >= 4 is 0 Å². The molecule has 1 aromatic heterocycles. The second-order valence-electron chi connectivity index (χ2n) is 5.79. The molecule has 1 saturated carbocycles. The van der Waals surface area contributed by atoms with Crippen molar-refractivity contribution in [2.75, 3.05) is 0 Å². The predicted octanol–water partition coefficient (Wildman–Crippen LogP) is 3.67. The summed E-state index contributed by atoms with van der Waals surface area (Å²) in [6, 6.07) is 11.8. The second kappa shape index (κ2) is 5.94. The molecule has 1 fully saturated rings. The highest BCUT2D eigenvalue weighted by Crippen LogP contribution is 2.43. The average Bonchev–Trinajstić information content (AvgIpc) is 2.51. The lowest BCUT2D eigenvalue weighted by atomic mass is 9.73. The van der Waals surface area contributed by atoms with Gasteiger partial charge in [-0.2, -0.15) is 13.2 Å². The Kier molecular flexibility index (Phi) is 4.12. The summed E-state index contributed by atoms with van der Waals surface area (Å²) < 4.78 is 43.2. The van der Waals surface area contributed by atoms with E-state index in [-0.39, 0.29) is 6.10 Å². The summed E-state index contributed by atoms with van der Waals surface area (Å²) in [6.45, 7) is 0.451. The van der Waals surface area contributed by atoms with Gasteiger partial charge in [-0.05, 0) is 11.6 Å². The van der Waals surface area contributed by atoms with Crippen LogP contribution in [-0.4, -0.2) is 16.2 Å². The SMILES string of the molecule is OC1(c2ccc(C(F)(F)F)nc2)CC(OCc2ccccc2)C1. The molecule has 1 aromatic carbocycles. The van der Waals surface area contributed by atoms with Crippen LogP contribution in [0, 0.1) is 0 Å². The number of hydrogen-bond donors (Lipinski definition) is 1. The highest BCUT2D eigenvalue weighted by Gasteiger charge is 2.45. The molecule has 23 heavy (non-hydrogen) atoms. The van der Waals surface area contributed by atoms with E-state index in [1.807, 2.05) is 30.3 Å². The van der Waals surface area contributed by atoms with E-state index in [0.717, 1.165) is 17.8 Å². The van der Waals surface area contributed by atoms with Crippen LogP contribution in [0.3, 0.4) is 0 Å². The molecule has 2 aromatic rings. The summed E-state index contributed by atoms with van der Waals surface area (Å²) in [6.07, 6.45) is -2.78. The number of nitrogens with zero attached hydrogens (tertiary/aromatic N) is 1. The van der Waals surface area contributed by atoms with E-state index in [9.17, 15) is 18.3 Å². The fourth-order valence-corrected chi connectivity index (χ4v) is 2.67. The lowest BCUT2D eigenvalue weighted by Crippen LogP contribution is -2.45. The zero-order chi connectivity index (χ0) is 16.5. The number of pyridine rings is 1. The van der Waals surface area contributed by atoms with E-state index in [1.165, 1.54) is 6.07 Å². The number of halogens is 3. The average molecular weight is 323 g/mol. The van der Waals surface area contributed by atoms with Gasteiger partial charge in [-0.3, -0.25) is 4.98 Å². The van der Waals surface area contributed by atoms with Gasteiger partial charge in [0.15, 0.2) is 0 Å². The fourth-order valence-electron chi connectivity index (χ4n) is 2.67. The molecule has 1 heterocycles. The number of aromatic nitrogens is 1. The van der Waals surface area contributed by atoms with Crippen molar-refractivity contribution in [3.63, 3.8) is 0 Å². The van der Waals surface area contributed by atoms with Crippen molar-refractivity contribution in [2.45, 2.75) is 37.3 Å². The van der Waals surface area contributed by atoms with Gasteiger partial charge in [-0.1, -0.05) is 36.4 Å². The van der Waals surface area contributed by atoms with Crippen molar-refractivity contribution in [3.8, 4) is 0 Å². The first-order valence-electron chi connectivity index (χ1n) is 7.28. The molecule has 1 aliphatic carbocycles. The van der Waals surface area contributed by atoms with Crippen LogP contribution >= 0.6 is 0 Å². The third-order valence-electron chi connectivity index (χ3n) is 4.05. The zero-order valence-electron chi connectivity index (χ0n) is 12.3. The van der Waals surface area contributed by atoms with Crippen molar-refractivity contribution in [3.05, 3.63) is 65.5 Å². The predicted molar refractivity (Wildman–Crippen MR) is 77.4 cm³/mol. The van der Waals surface area contributed by atoms with Gasteiger partial charge >= 0.3 is 6.18 Å². The van der Waals surface area contributed by atoms with Gasteiger partial charge < -0.3 is 9.84 Å². The van der Waals surface area contributed by atoms with Crippen LogP contribution in [0.1, 0.15) is 29.7 Å². The van der Waals surface area contributed by atoms with E-state index in [0.29, 0.717) is 25.0 Å². The van der Waals surface area contributed by atoms with E-state index >= 15 is 0 Å². The number of aliphatic hydroxyl groups is 1. The molecule has 0 aliphatic heterocycles. The highest BCUT2D eigenvalue weighted by molar-refractivity contribution is 5.25. The molecule has 1 N–H and O–H groups in total. The van der Waals surface area contributed by atoms with Gasteiger partial charge in [0.25, 0.3) is 0 Å². The zero-order valence-corrected chi connectivity index (χ0v) is 12.3. The number of benzene rings is 1. The van der Waals surface area contributed by atoms with E-state index in [2.05, 4.69) is 4.98 Å². The smallest absolute Gasteiger partial charge is 0.385 e. The third kappa shape index (κ3) is 3.54. The number of rotatable bonds is 4. The molecule has 0 atom stereocenters. The Bertz CT molecular complexity index is 650. The molecule has 0 saturated heterocycles. The lowest BCUT2D eigenvalue weighted by molar-refractivity contribution is -0.151. The van der Waals surface area contributed by atoms with Crippen molar-refractivity contribution in [1.82, 2.24) is 4.98 Å². The summed E-state index contributed by atoms with van der Waals surface area (Å²) in [7, 11) is 0. The van der Waals surface area contributed by atoms with Crippen LogP contribution in [-0.2, 0) is 23.1 Å². The van der Waals surface area contributed by atoms with Crippen LogP contribution in [0.4, 0.5) is 13.2 Å². The quantitative estimate of drug-likeness (QED) is 0.933. The molecule has 3 rings (SSSR count). The lowest BCUT2D eigenvalue weighted by Gasteiger charge is -2.43. The monoisotopic (exact) mass is 323 g/mol. The van der Waals surface area contributed by atoms with Crippen molar-refractivity contribution < 1.29 is 23.0 Å². The first-order valence-corrected chi connectivity index (χ1v) is 7.28. The molecule has 0 amide bonds. The summed E-state index contributed by atoms with van der Waals surface area (Å²) in [5, 5.41) is 10.4. The maximum Gasteiger partial charge on any atom is 0.433 e. The first kappa shape index (κ1) is 16.0. The Hall–Kier alpha value is -1.92. The van der Waals surface area contributed by atoms with Crippen LogP contribution in [0.5, 0.6) is 0 Å². The molecule has 1 aliphatic rings. The Morgan fingerprint density at radius 3 is 2.39 bits per heavy atom. The summed E-state index contributed by atoms with van der Waals surface area (Å²) >= 11 is 0. The highest BCUT2D eigenvalue weighted by atomic mass is 19.4. The molecule has 122 valence electrons. The van der Waals surface area contributed by atoms with Crippen molar-refractivity contribution in [1.29, 1.82) is 0 Å². The first-order chi connectivity index (χ1) is 10.9. The third-order valence-corrected chi connectivity index (χ3v) is 4.05. The summed E-state index contributed by atoms with van der Waals surface area (Å²) in [4.78, 5) is 3.39. The van der Waals surface area contributed by atoms with Gasteiger partial charge in [-0.25, -0.2) is 0 Å². The minimum absolute atomic E-state index is 0.109. The minimum Gasteiger partial charge on any atom is -0.385 e. The summed E-state index contributed by atoms with van der Waals surface area (Å²) in [5.74, 6) is 0. The number of alkyl halides is 3. The van der Waals surface area contributed by atoms with Crippen molar-refractivity contribution in [2.24, 2.45) is 0 Å². The second-order valence-corrected chi connectivity index (χ2v) is 5.79. The molecular weight excluding hydrogens is 307 g/mol. The van der Waals surface area contributed by atoms with Gasteiger partial charge in [0.1, 0.15) is 5.69 Å².